The minimum Gasteiger partial charge on any atom is -0.545 e. The van der Waals surface area contributed by atoms with Gasteiger partial charge in [0, 0.05) is 10.9 Å². The maximum Gasteiger partial charge on any atom is 0.152 e. The van der Waals surface area contributed by atoms with Crippen molar-refractivity contribution in [3.63, 3.8) is 0 Å². The summed E-state index contributed by atoms with van der Waals surface area (Å²) in [5.41, 5.74) is 0.874. The van der Waals surface area contributed by atoms with Crippen LogP contribution in [0.1, 0.15) is 16.1 Å². The molecule has 2 heterocycles. The Morgan fingerprint density at radius 2 is 2.10 bits per heavy atom. The SMILES string of the molecule is Cc1ccc(-c2cc(C(=O)[O-])c3cccc(Cl)c3n2)o1. The van der Waals surface area contributed by atoms with Crippen molar-refractivity contribution in [3.05, 3.63) is 52.7 Å². The predicted octanol–water partition coefficient (Wildman–Crippen LogP) is 2.82. The first-order valence-corrected chi connectivity index (χ1v) is 6.31. The second kappa shape index (κ2) is 4.65. The third kappa shape index (κ3) is 2.04. The standard InChI is InChI=1S/C15H10ClNO3/c1-8-5-6-13(20-8)12-7-10(15(18)19)9-3-2-4-11(16)14(9)17-12/h2-7H,1H3,(H,18,19)/p-1. The van der Waals surface area contributed by atoms with Crippen LogP contribution in [0.25, 0.3) is 22.4 Å². The highest BCUT2D eigenvalue weighted by atomic mass is 35.5. The van der Waals surface area contributed by atoms with E-state index < -0.39 is 5.97 Å². The van der Waals surface area contributed by atoms with Crippen LogP contribution in [0, 0.1) is 6.92 Å². The Morgan fingerprint density at radius 3 is 2.75 bits per heavy atom. The molecule has 2 aromatic heterocycles. The zero-order valence-corrected chi connectivity index (χ0v) is 11.3. The van der Waals surface area contributed by atoms with Crippen molar-refractivity contribution >= 4 is 28.5 Å². The highest BCUT2D eigenvalue weighted by molar-refractivity contribution is 6.35. The lowest BCUT2D eigenvalue weighted by molar-refractivity contribution is -0.254. The summed E-state index contributed by atoms with van der Waals surface area (Å²) in [7, 11) is 0. The Morgan fingerprint density at radius 1 is 1.30 bits per heavy atom. The van der Waals surface area contributed by atoms with E-state index in [-0.39, 0.29) is 5.56 Å². The van der Waals surface area contributed by atoms with Gasteiger partial charge in [-0.3, -0.25) is 0 Å². The molecule has 0 aliphatic carbocycles. The first-order chi connectivity index (χ1) is 9.56. The minimum atomic E-state index is -1.27. The first kappa shape index (κ1) is 12.7. The number of para-hydroxylation sites is 1. The third-order valence-electron chi connectivity index (χ3n) is 3.00. The van der Waals surface area contributed by atoms with Crippen LogP contribution < -0.4 is 5.11 Å². The fourth-order valence-electron chi connectivity index (χ4n) is 2.08. The van der Waals surface area contributed by atoms with Crippen molar-refractivity contribution in [1.29, 1.82) is 0 Å². The number of aromatic nitrogens is 1. The molecule has 0 saturated heterocycles. The number of fused-ring (bicyclic) bond motifs is 1. The number of furan rings is 1. The molecule has 0 spiro atoms. The van der Waals surface area contributed by atoms with E-state index in [4.69, 9.17) is 16.0 Å². The average Bonchev–Trinajstić information content (AvgIpc) is 2.85. The molecular formula is C15H9ClNO3-. The second-order valence-electron chi connectivity index (χ2n) is 4.39. The number of halogens is 1. The van der Waals surface area contributed by atoms with E-state index in [1.807, 2.05) is 0 Å². The fraction of sp³-hybridized carbons (Fsp3) is 0.0667. The molecule has 5 heteroatoms. The van der Waals surface area contributed by atoms with Crippen LogP contribution in [-0.2, 0) is 0 Å². The van der Waals surface area contributed by atoms with Crippen LogP contribution in [0.15, 0.2) is 40.8 Å². The number of pyridine rings is 1. The molecule has 0 saturated carbocycles. The molecule has 3 aromatic rings. The summed E-state index contributed by atoms with van der Waals surface area (Å²) < 4.78 is 5.47. The van der Waals surface area contributed by atoms with Crippen LogP contribution in [0.4, 0.5) is 0 Å². The Balaban J connectivity index is 2.35. The molecule has 4 nitrogen and oxygen atoms in total. The van der Waals surface area contributed by atoms with Crippen LogP contribution in [0.5, 0.6) is 0 Å². The number of aromatic carboxylic acids is 1. The second-order valence-corrected chi connectivity index (χ2v) is 4.80. The van der Waals surface area contributed by atoms with E-state index in [1.54, 1.807) is 37.3 Å². The predicted molar refractivity (Wildman–Crippen MR) is 73.5 cm³/mol. The fourth-order valence-corrected chi connectivity index (χ4v) is 2.30. The normalized spacial score (nSPS) is 10.9. The summed E-state index contributed by atoms with van der Waals surface area (Å²) in [6, 6.07) is 9.94. The largest absolute Gasteiger partial charge is 0.545 e. The summed E-state index contributed by atoms with van der Waals surface area (Å²) in [6.07, 6.45) is 0. The topological polar surface area (TPSA) is 66.2 Å². The number of carboxylic acids is 1. The maximum atomic E-state index is 11.3. The van der Waals surface area contributed by atoms with Gasteiger partial charge in [-0.2, -0.15) is 0 Å². The highest BCUT2D eigenvalue weighted by Crippen LogP contribution is 2.29. The summed E-state index contributed by atoms with van der Waals surface area (Å²) in [5, 5.41) is 12.1. The van der Waals surface area contributed by atoms with Gasteiger partial charge in [-0.1, -0.05) is 23.7 Å². The molecule has 0 aliphatic heterocycles. The molecular weight excluding hydrogens is 278 g/mol. The van der Waals surface area contributed by atoms with Gasteiger partial charge in [-0.15, -0.1) is 0 Å². The monoisotopic (exact) mass is 286 g/mol. The number of carbonyl (C=O) groups is 1. The van der Waals surface area contributed by atoms with E-state index in [2.05, 4.69) is 4.98 Å². The summed E-state index contributed by atoms with van der Waals surface area (Å²) in [6.45, 7) is 1.80. The van der Waals surface area contributed by atoms with E-state index in [1.165, 1.54) is 6.07 Å². The average molecular weight is 287 g/mol. The molecule has 0 N–H and O–H groups in total. The maximum absolute atomic E-state index is 11.3. The molecule has 0 radical (unpaired) electrons. The molecule has 0 atom stereocenters. The zero-order valence-electron chi connectivity index (χ0n) is 10.5. The molecule has 0 unspecified atom stereocenters. The molecule has 0 fully saturated rings. The van der Waals surface area contributed by atoms with Crippen molar-refractivity contribution in [2.75, 3.05) is 0 Å². The highest BCUT2D eigenvalue weighted by Gasteiger charge is 2.12. The number of nitrogens with zero attached hydrogens (tertiary/aromatic N) is 1. The molecule has 0 aliphatic rings. The zero-order chi connectivity index (χ0) is 14.3. The van der Waals surface area contributed by atoms with Gasteiger partial charge in [0.25, 0.3) is 0 Å². The van der Waals surface area contributed by atoms with E-state index >= 15 is 0 Å². The lowest BCUT2D eigenvalue weighted by atomic mass is 10.1. The Bertz CT molecular complexity index is 823. The summed E-state index contributed by atoms with van der Waals surface area (Å²) >= 11 is 6.09. The number of hydrogen-bond acceptors (Lipinski definition) is 4. The number of carboxylic acid groups (broad SMARTS) is 1. The van der Waals surface area contributed by atoms with Crippen LogP contribution in [0.3, 0.4) is 0 Å². The smallest absolute Gasteiger partial charge is 0.152 e. The van der Waals surface area contributed by atoms with Gasteiger partial charge in [0.1, 0.15) is 11.5 Å². The van der Waals surface area contributed by atoms with Crippen molar-refractivity contribution in [1.82, 2.24) is 4.98 Å². The van der Waals surface area contributed by atoms with Crippen LogP contribution >= 0.6 is 11.6 Å². The van der Waals surface area contributed by atoms with Crippen molar-refractivity contribution in [2.45, 2.75) is 6.92 Å². The minimum absolute atomic E-state index is 0.0431. The van der Waals surface area contributed by atoms with Crippen molar-refractivity contribution in [3.8, 4) is 11.5 Å². The van der Waals surface area contributed by atoms with Gasteiger partial charge >= 0.3 is 0 Å². The Hall–Kier alpha value is -2.33. The Kier molecular flexibility index (Phi) is 2.95. The van der Waals surface area contributed by atoms with E-state index in [0.29, 0.717) is 27.4 Å². The van der Waals surface area contributed by atoms with Crippen LogP contribution in [0.2, 0.25) is 5.02 Å². The van der Waals surface area contributed by atoms with Crippen molar-refractivity contribution < 1.29 is 14.3 Å². The lowest BCUT2D eigenvalue weighted by Crippen LogP contribution is -2.22. The third-order valence-corrected chi connectivity index (χ3v) is 3.31. The molecule has 0 amide bonds. The first-order valence-electron chi connectivity index (χ1n) is 5.93. The molecule has 1 aromatic carbocycles. The van der Waals surface area contributed by atoms with Gasteiger partial charge in [0.2, 0.25) is 0 Å². The quantitative estimate of drug-likeness (QED) is 0.726. The Labute approximate surface area is 119 Å². The van der Waals surface area contributed by atoms with Gasteiger partial charge in [-0.25, -0.2) is 4.98 Å². The number of aryl methyl sites for hydroxylation is 1. The molecule has 20 heavy (non-hydrogen) atoms. The van der Waals surface area contributed by atoms with E-state index in [9.17, 15) is 9.90 Å². The number of benzene rings is 1. The van der Waals surface area contributed by atoms with Gasteiger partial charge in [0.05, 0.1) is 16.5 Å². The van der Waals surface area contributed by atoms with Gasteiger partial charge in [-0.05, 0) is 31.2 Å². The number of carbonyl (C=O) groups excluding carboxylic acids is 1. The number of hydrogen-bond donors (Lipinski definition) is 0. The summed E-state index contributed by atoms with van der Waals surface area (Å²) in [5.74, 6) is -0.0629. The summed E-state index contributed by atoms with van der Waals surface area (Å²) in [4.78, 5) is 15.7. The van der Waals surface area contributed by atoms with Gasteiger partial charge < -0.3 is 14.3 Å². The lowest BCUT2D eigenvalue weighted by Gasteiger charge is -2.10. The van der Waals surface area contributed by atoms with Gasteiger partial charge in [0.15, 0.2) is 5.76 Å². The molecule has 0 bridgehead atoms. The number of rotatable bonds is 2. The molecule has 3 rings (SSSR count). The van der Waals surface area contributed by atoms with Crippen LogP contribution in [-0.4, -0.2) is 11.0 Å². The van der Waals surface area contributed by atoms with E-state index in [0.717, 1.165) is 5.76 Å². The van der Waals surface area contributed by atoms with Crippen molar-refractivity contribution in [2.24, 2.45) is 0 Å². The molecule has 100 valence electrons.